The molecule has 2 rings (SSSR count). The van der Waals surface area contributed by atoms with Crippen molar-refractivity contribution in [3.05, 3.63) is 53.1 Å². The Bertz CT molecular complexity index is 459. The van der Waals surface area contributed by atoms with Gasteiger partial charge in [-0.1, -0.05) is 37.3 Å². The van der Waals surface area contributed by atoms with Gasteiger partial charge in [0.2, 0.25) is 0 Å². The van der Waals surface area contributed by atoms with Gasteiger partial charge in [-0.3, -0.25) is 0 Å². The number of aromatic nitrogens is 2. The third kappa shape index (κ3) is 1.99. The average molecular weight is 215 g/mol. The lowest BCUT2D eigenvalue weighted by molar-refractivity contribution is 0.794. The number of rotatable bonds is 3. The third-order valence-electron chi connectivity index (χ3n) is 2.79. The Morgan fingerprint density at radius 2 is 2.00 bits per heavy atom. The molecule has 1 aromatic heterocycles. The van der Waals surface area contributed by atoms with E-state index in [4.69, 9.17) is 5.73 Å². The Balaban J connectivity index is 2.31. The van der Waals surface area contributed by atoms with Crippen LogP contribution < -0.4 is 5.73 Å². The number of hydrogen-bond acceptors (Lipinski definition) is 2. The van der Waals surface area contributed by atoms with Gasteiger partial charge in [0.05, 0.1) is 11.7 Å². The van der Waals surface area contributed by atoms with E-state index in [0.717, 1.165) is 29.2 Å². The van der Waals surface area contributed by atoms with E-state index in [1.54, 1.807) is 0 Å². The minimum absolute atomic E-state index is 0.166. The molecule has 84 valence electrons. The quantitative estimate of drug-likeness (QED) is 0.825. The second kappa shape index (κ2) is 4.49. The van der Waals surface area contributed by atoms with E-state index in [1.807, 2.05) is 37.3 Å². The summed E-state index contributed by atoms with van der Waals surface area (Å²) in [5, 5.41) is 0. The van der Waals surface area contributed by atoms with Crippen LogP contribution >= 0.6 is 0 Å². The van der Waals surface area contributed by atoms with Gasteiger partial charge in [0, 0.05) is 5.69 Å². The van der Waals surface area contributed by atoms with Crippen molar-refractivity contribution in [1.29, 1.82) is 0 Å². The van der Waals surface area contributed by atoms with Gasteiger partial charge in [-0.25, -0.2) is 4.98 Å². The van der Waals surface area contributed by atoms with E-state index >= 15 is 0 Å². The monoisotopic (exact) mass is 215 g/mol. The molecule has 0 saturated carbocycles. The van der Waals surface area contributed by atoms with Gasteiger partial charge in [-0.2, -0.15) is 0 Å². The lowest BCUT2D eigenvalue weighted by Crippen LogP contribution is -2.13. The second-order valence-corrected chi connectivity index (χ2v) is 3.94. The first-order valence-corrected chi connectivity index (χ1v) is 5.58. The zero-order valence-electron chi connectivity index (χ0n) is 9.70. The van der Waals surface area contributed by atoms with Crippen molar-refractivity contribution in [2.75, 3.05) is 0 Å². The SMILES string of the molecule is CCc1nc([C@H](N)c2ccccc2)[nH]c1C. The van der Waals surface area contributed by atoms with Crippen LogP contribution in [-0.2, 0) is 6.42 Å². The highest BCUT2D eigenvalue weighted by Gasteiger charge is 2.13. The average Bonchev–Trinajstić information content (AvgIpc) is 2.71. The largest absolute Gasteiger partial charge is 0.344 e. The molecule has 0 radical (unpaired) electrons. The Hall–Kier alpha value is -1.61. The van der Waals surface area contributed by atoms with E-state index < -0.39 is 0 Å². The number of nitrogens with two attached hydrogens (primary N) is 1. The normalized spacial score (nSPS) is 12.7. The minimum Gasteiger partial charge on any atom is -0.344 e. The summed E-state index contributed by atoms with van der Waals surface area (Å²) in [6.07, 6.45) is 0.934. The number of benzene rings is 1. The number of hydrogen-bond donors (Lipinski definition) is 2. The van der Waals surface area contributed by atoms with Crippen LogP contribution in [-0.4, -0.2) is 9.97 Å². The summed E-state index contributed by atoms with van der Waals surface area (Å²) in [6, 6.07) is 9.85. The summed E-state index contributed by atoms with van der Waals surface area (Å²) in [5.74, 6) is 0.848. The van der Waals surface area contributed by atoms with E-state index in [9.17, 15) is 0 Å². The Morgan fingerprint density at radius 1 is 1.31 bits per heavy atom. The van der Waals surface area contributed by atoms with Crippen LogP contribution in [0.1, 0.15) is 35.7 Å². The first-order valence-electron chi connectivity index (χ1n) is 5.58. The molecule has 3 nitrogen and oxygen atoms in total. The molecule has 0 aliphatic heterocycles. The molecule has 0 bridgehead atoms. The molecule has 3 N–H and O–H groups in total. The van der Waals surface area contributed by atoms with Crippen LogP contribution in [0.4, 0.5) is 0 Å². The molecule has 0 spiro atoms. The summed E-state index contributed by atoms with van der Waals surface area (Å²) in [7, 11) is 0. The topological polar surface area (TPSA) is 54.7 Å². The summed E-state index contributed by atoms with van der Waals surface area (Å²) < 4.78 is 0. The molecular weight excluding hydrogens is 198 g/mol. The Labute approximate surface area is 95.7 Å². The third-order valence-corrected chi connectivity index (χ3v) is 2.79. The molecule has 0 amide bonds. The summed E-state index contributed by atoms with van der Waals surface area (Å²) >= 11 is 0. The molecule has 2 aromatic rings. The van der Waals surface area contributed by atoms with Crippen LogP contribution in [0, 0.1) is 6.92 Å². The van der Waals surface area contributed by atoms with Crippen molar-refractivity contribution >= 4 is 0 Å². The molecule has 0 fully saturated rings. The van der Waals surface area contributed by atoms with Gasteiger partial charge in [0.15, 0.2) is 0 Å². The maximum absolute atomic E-state index is 6.16. The van der Waals surface area contributed by atoms with E-state index in [2.05, 4.69) is 16.9 Å². The van der Waals surface area contributed by atoms with Gasteiger partial charge in [-0.05, 0) is 18.9 Å². The van der Waals surface area contributed by atoms with Crippen molar-refractivity contribution < 1.29 is 0 Å². The predicted octanol–water partition coefficient (Wildman–Crippen LogP) is 2.33. The maximum atomic E-state index is 6.16. The van der Waals surface area contributed by atoms with Gasteiger partial charge < -0.3 is 10.7 Å². The zero-order chi connectivity index (χ0) is 11.5. The number of aryl methyl sites for hydroxylation is 2. The number of imidazole rings is 1. The van der Waals surface area contributed by atoms with Crippen LogP contribution in [0.25, 0.3) is 0 Å². The second-order valence-electron chi connectivity index (χ2n) is 3.94. The lowest BCUT2D eigenvalue weighted by Gasteiger charge is -2.08. The number of nitrogens with zero attached hydrogens (tertiary/aromatic N) is 1. The molecule has 3 heteroatoms. The fourth-order valence-electron chi connectivity index (χ4n) is 1.83. The van der Waals surface area contributed by atoms with Gasteiger partial charge in [0.25, 0.3) is 0 Å². The van der Waals surface area contributed by atoms with Crippen LogP contribution in [0.3, 0.4) is 0 Å². The molecule has 0 aliphatic carbocycles. The number of aromatic amines is 1. The molecule has 0 aliphatic rings. The van der Waals surface area contributed by atoms with Crippen LogP contribution in [0.2, 0.25) is 0 Å². The van der Waals surface area contributed by atoms with Gasteiger partial charge >= 0.3 is 0 Å². The lowest BCUT2D eigenvalue weighted by atomic mass is 10.1. The molecule has 1 heterocycles. The van der Waals surface area contributed by atoms with E-state index in [1.165, 1.54) is 0 Å². The van der Waals surface area contributed by atoms with Crippen molar-refractivity contribution in [1.82, 2.24) is 9.97 Å². The first-order chi connectivity index (χ1) is 7.72. The Kier molecular flexibility index (Phi) is 3.06. The van der Waals surface area contributed by atoms with Crippen molar-refractivity contribution in [3.8, 4) is 0 Å². The van der Waals surface area contributed by atoms with Crippen molar-refractivity contribution in [3.63, 3.8) is 0 Å². The highest BCUT2D eigenvalue weighted by Crippen LogP contribution is 2.18. The smallest absolute Gasteiger partial charge is 0.128 e. The molecule has 16 heavy (non-hydrogen) atoms. The summed E-state index contributed by atoms with van der Waals surface area (Å²) in [5.41, 5.74) is 9.45. The molecule has 0 saturated heterocycles. The summed E-state index contributed by atoms with van der Waals surface area (Å²) in [6.45, 7) is 4.13. The zero-order valence-corrected chi connectivity index (χ0v) is 9.70. The van der Waals surface area contributed by atoms with E-state index in [0.29, 0.717) is 0 Å². The molecule has 1 atom stereocenters. The van der Waals surface area contributed by atoms with Gasteiger partial charge in [0.1, 0.15) is 5.82 Å². The first kappa shape index (κ1) is 10.9. The minimum atomic E-state index is -0.166. The van der Waals surface area contributed by atoms with Crippen LogP contribution in [0.5, 0.6) is 0 Å². The fraction of sp³-hybridized carbons (Fsp3) is 0.308. The summed E-state index contributed by atoms with van der Waals surface area (Å²) in [4.78, 5) is 7.78. The maximum Gasteiger partial charge on any atom is 0.128 e. The number of nitrogens with one attached hydrogen (secondary N) is 1. The Morgan fingerprint density at radius 3 is 2.56 bits per heavy atom. The van der Waals surface area contributed by atoms with E-state index in [-0.39, 0.29) is 6.04 Å². The highest BCUT2D eigenvalue weighted by molar-refractivity contribution is 5.26. The van der Waals surface area contributed by atoms with Crippen molar-refractivity contribution in [2.45, 2.75) is 26.3 Å². The molecule has 1 aromatic carbocycles. The fourth-order valence-corrected chi connectivity index (χ4v) is 1.83. The van der Waals surface area contributed by atoms with Gasteiger partial charge in [-0.15, -0.1) is 0 Å². The molecular formula is C13H17N3. The standard InChI is InChI=1S/C13H17N3/c1-3-11-9(2)15-13(16-11)12(14)10-7-5-4-6-8-10/h4-8,12H,3,14H2,1-2H3,(H,15,16)/t12-/m1/s1. The predicted molar refractivity (Wildman–Crippen MR) is 65.2 cm³/mol. The molecule has 0 unspecified atom stereocenters. The number of H-pyrrole nitrogens is 1. The highest BCUT2D eigenvalue weighted by atomic mass is 15.0. The van der Waals surface area contributed by atoms with Crippen LogP contribution in [0.15, 0.2) is 30.3 Å². The van der Waals surface area contributed by atoms with Crippen molar-refractivity contribution in [2.24, 2.45) is 5.73 Å².